The van der Waals surface area contributed by atoms with Crippen LogP contribution in [0.2, 0.25) is 0 Å². The first-order valence-corrected chi connectivity index (χ1v) is 2.17. The van der Waals surface area contributed by atoms with Crippen LogP contribution in [0.25, 0.3) is 0 Å². The molecule has 1 N–H and O–H groups in total. The largest absolute Gasteiger partial charge is 0.439 e. The molecule has 1 aliphatic rings. The Hall–Kier alpha value is -0.0151. The fraction of sp³-hybridized carbons (Fsp3) is 1.00. The van der Waals surface area contributed by atoms with Crippen LogP contribution in [0.3, 0.4) is 0 Å². The van der Waals surface area contributed by atoms with Crippen LogP contribution in [-0.4, -0.2) is 27.2 Å². The molecule has 1 aliphatic heterocycles. The highest BCUT2D eigenvalue weighted by Crippen LogP contribution is 1.92. The summed E-state index contributed by atoms with van der Waals surface area (Å²) < 4.78 is 4.92. The molecule has 0 aromatic heterocycles. The fourth-order valence-corrected chi connectivity index (χ4v) is 0.429. The Bertz CT molecular complexity index is 43.3. The van der Waals surface area contributed by atoms with Gasteiger partial charge in [0.15, 0.2) is 0 Å². The summed E-state index contributed by atoms with van der Waals surface area (Å²) >= 11 is 0. The van der Waals surface area contributed by atoms with Gasteiger partial charge in [-0.15, -0.1) is 0 Å². The lowest BCUT2D eigenvalue weighted by atomic mass is 10.2. The van der Waals surface area contributed by atoms with Crippen molar-refractivity contribution >= 4 is 8.05 Å². The molecule has 0 amide bonds. The van der Waals surface area contributed by atoms with E-state index in [9.17, 15) is 0 Å². The Labute approximate surface area is 38.3 Å². The first kappa shape index (κ1) is 4.15. The van der Waals surface area contributed by atoms with Gasteiger partial charge >= 0.3 is 0 Å². The molecule has 1 saturated heterocycles. The molecule has 1 rings (SSSR count). The smallest absolute Gasteiger partial charge is 0.257 e. The number of hydrogen-bond donors (Lipinski definition) is 1. The van der Waals surface area contributed by atoms with Crippen molar-refractivity contribution in [1.82, 2.24) is 5.32 Å². The summed E-state index contributed by atoms with van der Waals surface area (Å²) in [5, 5.41) is 3.09. The van der Waals surface area contributed by atoms with Crippen molar-refractivity contribution in [1.29, 1.82) is 0 Å². The van der Waals surface area contributed by atoms with E-state index in [0.29, 0.717) is 6.10 Å². The molecule has 0 atom stereocenters. The lowest BCUT2D eigenvalue weighted by Crippen LogP contribution is -2.48. The molecule has 2 nitrogen and oxygen atoms in total. The Morgan fingerprint density at radius 2 is 2.33 bits per heavy atom. The van der Waals surface area contributed by atoms with Crippen LogP contribution < -0.4 is 5.32 Å². The van der Waals surface area contributed by atoms with Gasteiger partial charge in [-0.2, -0.15) is 0 Å². The van der Waals surface area contributed by atoms with Crippen LogP contribution in [-0.2, 0) is 4.65 Å². The second-order valence-corrected chi connectivity index (χ2v) is 1.52. The highest BCUT2D eigenvalue weighted by molar-refractivity contribution is 5.98. The van der Waals surface area contributed by atoms with Crippen LogP contribution >= 0.6 is 0 Å². The van der Waals surface area contributed by atoms with Gasteiger partial charge in [-0.3, -0.25) is 0 Å². The monoisotopic (exact) mass is 85.1 g/mol. The van der Waals surface area contributed by atoms with Crippen LogP contribution in [0.15, 0.2) is 0 Å². The first-order chi connectivity index (χ1) is 2.93. The zero-order valence-electron chi connectivity index (χ0n) is 3.90. The number of nitrogens with one attached hydrogen (secondary N) is 1. The fourth-order valence-electron chi connectivity index (χ4n) is 0.429. The maximum Gasteiger partial charge on any atom is 0.257 e. The molecule has 34 valence electrons. The minimum atomic E-state index is 0.505. The molecule has 0 bridgehead atoms. The molecular weight excluding hydrogens is 76.9 g/mol. The van der Waals surface area contributed by atoms with Crippen molar-refractivity contribution in [3.8, 4) is 0 Å². The average molecular weight is 84.9 g/mol. The highest BCUT2D eigenvalue weighted by atomic mass is 16.4. The SMILES string of the molecule is BOC1CNC1. The molecule has 6 heavy (non-hydrogen) atoms. The van der Waals surface area contributed by atoms with Gasteiger partial charge in [0.25, 0.3) is 8.05 Å². The summed E-state index contributed by atoms with van der Waals surface area (Å²) in [6.07, 6.45) is 0.505. The molecule has 1 heterocycles. The van der Waals surface area contributed by atoms with E-state index in [0.717, 1.165) is 13.1 Å². The minimum Gasteiger partial charge on any atom is -0.439 e. The van der Waals surface area contributed by atoms with E-state index in [1.54, 1.807) is 8.05 Å². The van der Waals surface area contributed by atoms with Crippen molar-refractivity contribution in [3.63, 3.8) is 0 Å². The van der Waals surface area contributed by atoms with Crippen molar-refractivity contribution in [3.05, 3.63) is 0 Å². The molecule has 0 spiro atoms. The predicted octanol–water partition coefficient (Wildman–Crippen LogP) is -1.48. The highest BCUT2D eigenvalue weighted by Gasteiger charge is 2.12. The summed E-state index contributed by atoms with van der Waals surface area (Å²) in [7, 11) is 1.74. The maximum absolute atomic E-state index is 4.92. The van der Waals surface area contributed by atoms with E-state index in [1.165, 1.54) is 0 Å². The van der Waals surface area contributed by atoms with Gasteiger partial charge < -0.3 is 9.97 Å². The van der Waals surface area contributed by atoms with E-state index in [-0.39, 0.29) is 0 Å². The third kappa shape index (κ3) is 0.557. The van der Waals surface area contributed by atoms with Gasteiger partial charge in [0.2, 0.25) is 0 Å². The average Bonchev–Trinajstić information content (AvgIpc) is 1.31. The van der Waals surface area contributed by atoms with E-state index >= 15 is 0 Å². The maximum atomic E-state index is 4.92. The van der Waals surface area contributed by atoms with Crippen LogP contribution in [0.1, 0.15) is 0 Å². The number of hydrogen-bond acceptors (Lipinski definition) is 2. The molecule has 0 radical (unpaired) electrons. The first-order valence-electron chi connectivity index (χ1n) is 2.17. The van der Waals surface area contributed by atoms with Gasteiger partial charge in [0.1, 0.15) is 0 Å². The Balaban J connectivity index is 2.01. The van der Waals surface area contributed by atoms with E-state index in [1.807, 2.05) is 0 Å². The molecule has 0 aromatic carbocycles. The van der Waals surface area contributed by atoms with Crippen LogP contribution in [0.5, 0.6) is 0 Å². The second kappa shape index (κ2) is 1.62. The summed E-state index contributed by atoms with van der Waals surface area (Å²) in [5.41, 5.74) is 0. The standard InChI is InChI=1S/C3H8BNO/c4-6-3-1-5-2-3/h3,5H,1-2,4H2. The summed E-state index contributed by atoms with van der Waals surface area (Å²) in [4.78, 5) is 0. The summed E-state index contributed by atoms with van der Waals surface area (Å²) in [6, 6.07) is 0. The summed E-state index contributed by atoms with van der Waals surface area (Å²) in [5.74, 6) is 0. The van der Waals surface area contributed by atoms with Crippen molar-refractivity contribution in [2.45, 2.75) is 6.10 Å². The zero-order chi connectivity index (χ0) is 4.41. The number of rotatable bonds is 1. The van der Waals surface area contributed by atoms with Crippen molar-refractivity contribution in [2.75, 3.05) is 13.1 Å². The minimum absolute atomic E-state index is 0.505. The lowest BCUT2D eigenvalue weighted by Gasteiger charge is -2.25. The molecule has 0 saturated carbocycles. The zero-order valence-corrected chi connectivity index (χ0v) is 3.90. The molecule has 0 unspecified atom stereocenters. The van der Waals surface area contributed by atoms with Gasteiger partial charge in [-0.1, -0.05) is 0 Å². The summed E-state index contributed by atoms with van der Waals surface area (Å²) in [6.45, 7) is 2.08. The van der Waals surface area contributed by atoms with Gasteiger partial charge in [0.05, 0.1) is 6.10 Å². The van der Waals surface area contributed by atoms with E-state index < -0.39 is 0 Å². The molecule has 3 heteroatoms. The Kier molecular flexibility index (Phi) is 1.12. The van der Waals surface area contributed by atoms with Gasteiger partial charge in [0, 0.05) is 13.1 Å². The van der Waals surface area contributed by atoms with Gasteiger partial charge in [-0.25, -0.2) is 0 Å². The molecular formula is C3H8BNO. The lowest BCUT2D eigenvalue weighted by molar-refractivity contribution is 0.156. The van der Waals surface area contributed by atoms with Gasteiger partial charge in [-0.05, 0) is 0 Å². The van der Waals surface area contributed by atoms with Crippen LogP contribution in [0.4, 0.5) is 0 Å². The third-order valence-corrected chi connectivity index (χ3v) is 1.08. The Morgan fingerprint density at radius 1 is 1.67 bits per heavy atom. The molecule has 0 aromatic rings. The predicted molar refractivity (Wildman–Crippen MR) is 26.3 cm³/mol. The van der Waals surface area contributed by atoms with Crippen molar-refractivity contribution in [2.24, 2.45) is 0 Å². The topological polar surface area (TPSA) is 21.3 Å². The van der Waals surface area contributed by atoms with E-state index in [2.05, 4.69) is 5.32 Å². The Morgan fingerprint density at radius 3 is 2.33 bits per heavy atom. The molecule has 0 aliphatic carbocycles. The molecule has 1 fully saturated rings. The second-order valence-electron chi connectivity index (χ2n) is 1.52. The van der Waals surface area contributed by atoms with E-state index in [4.69, 9.17) is 4.65 Å². The van der Waals surface area contributed by atoms with Crippen LogP contribution in [0, 0.1) is 0 Å². The van der Waals surface area contributed by atoms with Crippen molar-refractivity contribution < 1.29 is 4.65 Å². The quantitative estimate of drug-likeness (QED) is 0.392. The normalized spacial score (nSPS) is 23.3. The third-order valence-electron chi connectivity index (χ3n) is 1.08.